The highest BCUT2D eigenvalue weighted by Gasteiger charge is 2.37. The summed E-state index contributed by atoms with van der Waals surface area (Å²) in [6, 6.07) is 21.5. The average Bonchev–Trinajstić information content (AvgIpc) is 3.38. The van der Waals surface area contributed by atoms with Gasteiger partial charge in [0, 0.05) is 12.6 Å². The lowest BCUT2D eigenvalue weighted by Gasteiger charge is -2.13. The van der Waals surface area contributed by atoms with E-state index in [1.807, 2.05) is 41.9 Å². The number of oxime groups is 1. The third kappa shape index (κ3) is 3.78. The van der Waals surface area contributed by atoms with Crippen molar-refractivity contribution in [2.45, 2.75) is 6.61 Å². The Balaban J connectivity index is 1.38. The number of hydrogen-bond donors (Lipinski definition) is 0. The molecule has 0 atom stereocenters. The summed E-state index contributed by atoms with van der Waals surface area (Å²) in [4.78, 5) is 40.8. The Morgan fingerprint density at radius 1 is 0.909 bits per heavy atom. The molecule has 1 aliphatic heterocycles. The van der Waals surface area contributed by atoms with Gasteiger partial charge in [-0.1, -0.05) is 53.7 Å². The van der Waals surface area contributed by atoms with Crippen molar-refractivity contribution in [1.29, 1.82) is 0 Å². The molecule has 162 valence electrons. The van der Waals surface area contributed by atoms with Crippen LogP contribution in [0.2, 0.25) is 0 Å². The van der Waals surface area contributed by atoms with E-state index in [4.69, 9.17) is 4.84 Å². The number of fused-ring (bicyclic) bond motifs is 1. The van der Waals surface area contributed by atoms with Crippen molar-refractivity contribution < 1.29 is 14.4 Å². The Kier molecular flexibility index (Phi) is 5.24. The molecule has 0 N–H and O–H groups in total. The highest BCUT2D eigenvalue weighted by molar-refractivity contribution is 6.34. The van der Waals surface area contributed by atoms with Crippen LogP contribution in [0.5, 0.6) is 0 Å². The maximum atomic E-state index is 12.7. The summed E-state index contributed by atoms with van der Waals surface area (Å²) in [5, 5.41) is 4.35. The number of aryl methyl sites for hydroxylation is 1. The first-order valence-electron chi connectivity index (χ1n) is 10.3. The molecule has 8 nitrogen and oxygen atoms in total. The van der Waals surface area contributed by atoms with Crippen LogP contribution in [0.25, 0.3) is 0 Å². The summed E-state index contributed by atoms with van der Waals surface area (Å²) in [6.07, 6.45) is 3.41. The predicted octanol–water partition coefficient (Wildman–Crippen LogP) is 3.58. The quantitative estimate of drug-likeness (QED) is 0.261. The SMILES string of the molecule is Cn1cncc1/C(=N/OCc1cccc(N2C(=O)c3ccccc3C2=O)n1)c1ccccc1. The smallest absolute Gasteiger partial charge is 0.267 e. The highest BCUT2D eigenvalue weighted by Crippen LogP contribution is 2.27. The van der Waals surface area contributed by atoms with Crippen LogP contribution in [0, 0.1) is 0 Å². The number of nitrogens with zero attached hydrogens (tertiary/aromatic N) is 5. The first-order chi connectivity index (χ1) is 16.1. The number of rotatable bonds is 6. The van der Waals surface area contributed by atoms with E-state index in [0.29, 0.717) is 22.5 Å². The molecule has 1 aliphatic rings. The van der Waals surface area contributed by atoms with Gasteiger partial charge in [-0.25, -0.2) is 14.9 Å². The molecule has 5 rings (SSSR count). The van der Waals surface area contributed by atoms with Crippen molar-refractivity contribution >= 4 is 23.3 Å². The summed E-state index contributed by atoms with van der Waals surface area (Å²) in [5.74, 6) is -0.523. The molecule has 2 aromatic heterocycles. The fourth-order valence-electron chi connectivity index (χ4n) is 3.66. The van der Waals surface area contributed by atoms with E-state index in [9.17, 15) is 9.59 Å². The monoisotopic (exact) mass is 437 g/mol. The van der Waals surface area contributed by atoms with Crippen molar-refractivity contribution in [3.8, 4) is 0 Å². The van der Waals surface area contributed by atoms with Gasteiger partial charge in [0.1, 0.15) is 11.5 Å². The second kappa shape index (κ2) is 8.51. The van der Waals surface area contributed by atoms with Crippen LogP contribution in [0.1, 0.15) is 37.7 Å². The second-order valence-electron chi connectivity index (χ2n) is 7.45. The molecule has 33 heavy (non-hydrogen) atoms. The fraction of sp³-hybridized carbons (Fsp3) is 0.0800. The van der Waals surface area contributed by atoms with Crippen molar-refractivity contribution in [2.24, 2.45) is 12.2 Å². The number of imide groups is 1. The van der Waals surface area contributed by atoms with Crippen molar-refractivity contribution in [1.82, 2.24) is 14.5 Å². The fourth-order valence-corrected chi connectivity index (χ4v) is 3.66. The molecule has 0 aliphatic carbocycles. The molecule has 0 bridgehead atoms. The van der Waals surface area contributed by atoms with Gasteiger partial charge in [-0.2, -0.15) is 0 Å². The summed E-state index contributed by atoms with van der Waals surface area (Å²) in [7, 11) is 1.88. The summed E-state index contributed by atoms with van der Waals surface area (Å²) < 4.78 is 1.86. The molecule has 0 saturated carbocycles. The van der Waals surface area contributed by atoms with E-state index in [1.54, 1.807) is 55.0 Å². The zero-order valence-corrected chi connectivity index (χ0v) is 17.8. The second-order valence-corrected chi connectivity index (χ2v) is 7.45. The first kappa shape index (κ1) is 20.3. The minimum Gasteiger partial charge on any atom is -0.389 e. The van der Waals surface area contributed by atoms with E-state index in [-0.39, 0.29) is 24.2 Å². The molecule has 3 heterocycles. The van der Waals surface area contributed by atoms with Crippen molar-refractivity contribution in [3.05, 3.63) is 113 Å². The number of aromatic nitrogens is 3. The van der Waals surface area contributed by atoms with Crippen LogP contribution in [-0.2, 0) is 18.5 Å². The normalized spacial score (nSPS) is 13.4. The molecule has 0 radical (unpaired) electrons. The molecule has 0 saturated heterocycles. The van der Waals surface area contributed by atoms with E-state index in [1.165, 1.54) is 0 Å². The van der Waals surface area contributed by atoms with Gasteiger partial charge in [0.2, 0.25) is 0 Å². The van der Waals surface area contributed by atoms with Crippen LogP contribution < -0.4 is 4.90 Å². The highest BCUT2D eigenvalue weighted by atomic mass is 16.6. The largest absolute Gasteiger partial charge is 0.389 e. The van der Waals surface area contributed by atoms with E-state index < -0.39 is 0 Å². The number of carbonyl (C=O) groups excluding carboxylic acids is 2. The van der Waals surface area contributed by atoms with Crippen LogP contribution in [0.3, 0.4) is 0 Å². The van der Waals surface area contributed by atoms with Gasteiger partial charge < -0.3 is 9.40 Å². The van der Waals surface area contributed by atoms with Gasteiger partial charge in [-0.15, -0.1) is 0 Å². The van der Waals surface area contributed by atoms with Gasteiger partial charge >= 0.3 is 0 Å². The molecule has 8 heteroatoms. The number of anilines is 1. The third-order valence-electron chi connectivity index (χ3n) is 5.29. The Morgan fingerprint density at radius 2 is 1.61 bits per heavy atom. The molecule has 2 aromatic carbocycles. The van der Waals surface area contributed by atoms with Crippen LogP contribution >= 0.6 is 0 Å². The van der Waals surface area contributed by atoms with E-state index in [0.717, 1.165) is 16.2 Å². The third-order valence-corrected chi connectivity index (χ3v) is 5.29. The molecule has 4 aromatic rings. The zero-order chi connectivity index (χ0) is 22.8. The Labute approximate surface area is 189 Å². The van der Waals surface area contributed by atoms with Crippen LogP contribution in [-0.4, -0.2) is 32.1 Å². The number of benzene rings is 2. The van der Waals surface area contributed by atoms with E-state index >= 15 is 0 Å². The Bertz CT molecular complexity index is 1340. The van der Waals surface area contributed by atoms with E-state index in [2.05, 4.69) is 15.1 Å². The molecule has 0 fully saturated rings. The van der Waals surface area contributed by atoms with Gasteiger partial charge in [0.15, 0.2) is 6.61 Å². The Hall–Kier alpha value is -4.59. The van der Waals surface area contributed by atoms with Crippen molar-refractivity contribution in [2.75, 3.05) is 4.90 Å². The lowest BCUT2D eigenvalue weighted by atomic mass is 10.1. The molecular formula is C25H19N5O3. The number of hydrogen-bond acceptors (Lipinski definition) is 6. The minimum absolute atomic E-state index is 0.0607. The van der Waals surface area contributed by atoms with Crippen molar-refractivity contribution in [3.63, 3.8) is 0 Å². The first-order valence-corrected chi connectivity index (χ1v) is 10.3. The van der Waals surface area contributed by atoms with Gasteiger partial charge in [-0.3, -0.25) is 9.59 Å². The predicted molar refractivity (Wildman–Crippen MR) is 122 cm³/mol. The maximum Gasteiger partial charge on any atom is 0.267 e. The zero-order valence-electron chi connectivity index (χ0n) is 17.8. The molecule has 0 unspecified atom stereocenters. The summed E-state index contributed by atoms with van der Waals surface area (Å²) in [5.41, 5.74) is 3.60. The number of imidazole rings is 1. The summed E-state index contributed by atoms with van der Waals surface area (Å²) in [6.45, 7) is 0.0607. The number of pyridine rings is 1. The topological polar surface area (TPSA) is 89.7 Å². The van der Waals surface area contributed by atoms with Gasteiger partial charge in [0.05, 0.1) is 35.0 Å². The average molecular weight is 437 g/mol. The van der Waals surface area contributed by atoms with Crippen LogP contribution in [0.15, 0.2) is 90.5 Å². The molecule has 2 amide bonds. The number of amides is 2. The summed E-state index contributed by atoms with van der Waals surface area (Å²) >= 11 is 0. The lowest BCUT2D eigenvalue weighted by Crippen LogP contribution is -2.30. The van der Waals surface area contributed by atoms with Gasteiger partial charge in [0.25, 0.3) is 11.8 Å². The minimum atomic E-state index is -0.387. The lowest BCUT2D eigenvalue weighted by molar-refractivity contribution is 0.0924. The molecular weight excluding hydrogens is 418 g/mol. The molecule has 0 spiro atoms. The Morgan fingerprint density at radius 3 is 2.27 bits per heavy atom. The van der Waals surface area contributed by atoms with Crippen LogP contribution in [0.4, 0.5) is 5.82 Å². The standard InChI is InChI=1S/C25H19N5O3/c1-29-16-26-14-21(29)23(17-8-3-2-4-9-17)28-33-15-18-10-7-13-22(27-18)30-24(31)19-11-5-6-12-20(19)25(30)32/h2-14,16H,15H2,1H3/b28-23+. The number of carbonyl (C=O) groups is 2. The maximum absolute atomic E-state index is 12.7. The van der Waals surface area contributed by atoms with Gasteiger partial charge in [-0.05, 0) is 24.3 Å².